The maximum Gasteiger partial charge on any atom is 0.262 e. The van der Waals surface area contributed by atoms with E-state index < -0.39 is 12.2 Å². The minimum Gasteiger partial charge on any atom is -0.390 e. The van der Waals surface area contributed by atoms with Crippen molar-refractivity contribution in [3.63, 3.8) is 0 Å². The summed E-state index contributed by atoms with van der Waals surface area (Å²) in [6, 6.07) is 7.79. The van der Waals surface area contributed by atoms with Gasteiger partial charge in [0.2, 0.25) is 0 Å². The van der Waals surface area contributed by atoms with Gasteiger partial charge in [-0.05, 0) is 37.8 Å². The Kier molecular flexibility index (Phi) is 3.89. The summed E-state index contributed by atoms with van der Waals surface area (Å²) in [4.78, 5) is 19.9. The number of aromatic amines is 1. The highest BCUT2D eigenvalue weighted by molar-refractivity contribution is 5.75. The van der Waals surface area contributed by atoms with E-state index in [1.807, 2.05) is 31.2 Å². The average molecular weight is 340 g/mol. The third-order valence-corrected chi connectivity index (χ3v) is 4.97. The molecule has 7 heteroatoms. The summed E-state index contributed by atoms with van der Waals surface area (Å²) >= 11 is 0. The first kappa shape index (κ1) is 16.0. The van der Waals surface area contributed by atoms with Crippen molar-refractivity contribution in [1.82, 2.24) is 19.7 Å². The Morgan fingerprint density at radius 2 is 2.00 bits per heavy atom. The summed E-state index contributed by atoms with van der Waals surface area (Å²) in [5, 5.41) is 24.4. The van der Waals surface area contributed by atoms with E-state index in [0.717, 1.165) is 11.3 Å². The van der Waals surface area contributed by atoms with Crippen molar-refractivity contribution in [2.45, 2.75) is 44.3 Å². The molecule has 1 aromatic carbocycles. The van der Waals surface area contributed by atoms with Crippen LogP contribution in [0.1, 0.15) is 36.6 Å². The average Bonchev–Trinajstić information content (AvgIpc) is 3.02. The van der Waals surface area contributed by atoms with E-state index in [1.54, 1.807) is 4.68 Å². The summed E-state index contributed by atoms with van der Waals surface area (Å²) < 4.78 is 1.68. The lowest BCUT2D eigenvalue weighted by molar-refractivity contribution is -0.0157. The molecule has 1 fully saturated rings. The molecule has 0 amide bonds. The van der Waals surface area contributed by atoms with Crippen LogP contribution in [0.25, 0.3) is 16.7 Å². The Bertz CT molecular complexity index is 978. The molecule has 2 aromatic heterocycles. The number of H-pyrrole nitrogens is 1. The van der Waals surface area contributed by atoms with Crippen molar-refractivity contribution in [1.29, 1.82) is 0 Å². The van der Waals surface area contributed by atoms with Crippen LogP contribution in [0.15, 0.2) is 35.3 Å². The lowest BCUT2D eigenvalue weighted by Crippen LogP contribution is -2.33. The number of aryl methyl sites for hydroxylation is 1. The van der Waals surface area contributed by atoms with Crippen LogP contribution in [0.3, 0.4) is 0 Å². The molecule has 0 radical (unpaired) electrons. The van der Waals surface area contributed by atoms with Crippen LogP contribution in [0.5, 0.6) is 0 Å². The second-order valence-electron chi connectivity index (χ2n) is 6.68. The molecular weight excluding hydrogens is 320 g/mol. The van der Waals surface area contributed by atoms with Crippen LogP contribution in [-0.2, 0) is 0 Å². The number of aliphatic hydroxyl groups is 2. The van der Waals surface area contributed by atoms with Gasteiger partial charge in [0, 0.05) is 5.92 Å². The number of rotatable bonds is 2. The highest BCUT2D eigenvalue weighted by Gasteiger charge is 2.30. The van der Waals surface area contributed by atoms with E-state index in [-0.39, 0.29) is 11.5 Å². The van der Waals surface area contributed by atoms with Gasteiger partial charge in [0.05, 0.1) is 24.1 Å². The second kappa shape index (κ2) is 6.09. The largest absolute Gasteiger partial charge is 0.390 e. The van der Waals surface area contributed by atoms with Crippen molar-refractivity contribution in [2.75, 3.05) is 0 Å². The van der Waals surface area contributed by atoms with Gasteiger partial charge >= 0.3 is 0 Å². The van der Waals surface area contributed by atoms with Crippen LogP contribution >= 0.6 is 0 Å². The zero-order valence-corrected chi connectivity index (χ0v) is 13.9. The van der Waals surface area contributed by atoms with E-state index in [4.69, 9.17) is 0 Å². The molecule has 7 nitrogen and oxygen atoms in total. The normalized spacial score (nSPS) is 23.9. The quantitative estimate of drug-likeness (QED) is 0.654. The van der Waals surface area contributed by atoms with Gasteiger partial charge in [0.1, 0.15) is 11.2 Å². The van der Waals surface area contributed by atoms with Gasteiger partial charge in [-0.25, -0.2) is 9.67 Å². The van der Waals surface area contributed by atoms with Gasteiger partial charge in [-0.15, -0.1) is 0 Å². The molecule has 2 heterocycles. The molecule has 3 aromatic rings. The van der Waals surface area contributed by atoms with Gasteiger partial charge in [-0.2, -0.15) is 5.10 Å². The minimum atomic E-state index is -0.791. The predicted octanol–water partition coefficient (Wildman–Crippen LogP) is 1.41. The Morgan fingerprint density at radius 1 is 1.20 bits per heavy atom. The number of benzene rings is 1. The predicted molar refractivity (Wildman–Crippen MR) is 92.8 cm³/mol. The Morgan fingerprint density at radius 3 is 2.76 bits per heavy atom. The fourth-order valence-corrected chi connectivity index (χ4v) is 3.49. The van der Waals surface area contributed by atoms with Gasteiger partial charge in [-0.3, -0.25) is 4.79 Å². The summed E-state index contributed by atoms with van der Waals surface area (Å²) in [7, 11) is 0. The van der Waals surface area contributed by atoms with Gasteiger partial charge in [-0.1, -0.05) is 18.2 Å². The molecule has 130 valence electrons. The van der Waals surface area contributed by atoms with Crippen LogP contribution < -0.4 is 5.56 Å². The number of aliphatic hydroxyl groups excluding tert-OH is 2. The summed E-state index contributed by atoms with van der Waals surface area (Å²) in [5.41, 5.74) is 2.18. The van der Waals surface area contributed by atoms with Gasteiger partial charge in [0.15, 0.2) is 5.65 Å². The number of para-hydroxylation sites is 1. The minimum absolute atomic E-state index is 0.0873. The number of nitrogens with one attached hydrogen (secondary N) is 1. The number of aromatic nitrogens is 4. The molecule has 3 unspecified atom stereocenters. The maximum absolute atomic E-state index is 12.5. The lowest BCUT2D eigenvalue weighted by atomic mass is 9.85. The molecule has 1 saturated carbocycles. The Balaban J connectivity index is 1.82. The van der Waals surface area contributed by atoms with Crippen molar-refractivity contribution in [2.24, 2.45) is 0 Å². The summed E-state index contributed by atoms with van der Waals surface area (Å²) in [6.45, 7) is 1.98. The second-order valence-corrected chi connectivity index (χ2v) is 6.68. The first-order valence-electron chi connectivity index (χ1n) is 8.44. The van der Waals surface area contributed by atoms with Gasteiger partial charge in [0.25, 0.3) is 5.56 Å². The molecule has 0 saturated heterocycles. The third-order valence-electron chi connectivity index (χ3n) is 4.97. The SMILES string of the molecule is Cc1ccccc1-n1ncc2c(=O)[nH]c(C3CCC(O)C(O)C3)nc21. The highest BCUT2D eigenvalue weighted by Crippen LogP contribution is 2.31. The van der Waals surface area contributed by atoms with E-state index in [9.17, 15) is 15.0 Å². The van der Waals surface area contributed by atoms with Crippen molar-refractivity contribution in [3.05, 3.63) is 52.2 Å². The topological polar surface area (TPSA) is 104 Å². The summed E-state index contributed by atoms with van der Waals surface area (Å²) in [5.74, 6) is 0.453. The van der Waals surface area contributed by atoms with E-state index in [2.05, 4.69) is 15.1 Å². The van der Waals surface area contributed by atoms with Crippen LogP contribution in [0, 0.1) is 6.92 Å². The smallest absolute Gasteiger partial charge is 0.262 e. The molecule has 3 atom stereocenters. The third kappa shape index (κ3) is 2.75. The van der Waals surface area contributed by atoms with E-state index >= 15 is 0 Å². The number of hydrogen-bond donors (Lipinski definition) is 3. The van der Waals surface area contributed by atoms with Crippen molar-refractivity contribution >= 4 is 11.0 Å². The fourth-order valence-electron chi connectivity index (χ4n) is 3.49. The standard InChI is InChI=1S/C18H20N4O3/c1-10-4-2-3-5-13(10)22-17-12(9-19-22)18(25)21-16(20-17)11-6-7-14(23)15(24)8-11/h2-5,9,11,14-15,23-24H,6-8H2,1H3,(H,20,21,25). The molecule has 3 N–H and O–H groups in total. The molecule has 0 spiro atoms. The van der Waals surface area contributed by atoms with Crippen LogP contribution in [0.2, 0.25) is 0 Å². The molecule has 1 aliphatic carbocycles. The first-order valence-corrected chi connectivity index (χ1v) is 8.44. The Hall–Kier alpha value is -2.51. The first-order chi connectivity index (χ1) is 12.0. The molecule has 4 rings (SSSR count). The van der Waals surface area contributed by atoms with Crippen LogP contribution in [0.4, 0.5) is 0 Å². The fraction of sp³-hybridized carbons (Fsp3) is 0.389. The number of hydrogen-bond acceptors (Lipinski definition) is 5. The van der Waals surface area contributed by atoms with Crippen LogP contribution in [-0.4, -0.2) is 42.2 Å². The monoisotopic (exact) mass is 340 g/mol. The molecule has 0 aliphatic heterocycles. The zero-order valence-electron chi connectivity index (χ0n) is 13.9. The Labute approximate surface area is 144 Å². The molecule has 25 heavy (non-hydrogen) atoms. The molecule has 1 aliphatic rings. The van der Waals surface area contributed by atoms with E-state index in [0.29, 0.717) is 36.1 Å². The number of fused-ring (bicyclic) bond motifs is 1. The molecule has 0 bridgehead atoms. The van der Waals surface area contributed by atoms with Crippen molar-refractivity contribution < 1.29 is 10.2 Å². The van der Waals surface area contributed by atoms with Crippen molar-refractivity contribution in [3.8, 4) is 5.69 Å². The maximum atomic E-state index is 12.5. The lowest BCUT2D eigenvalue weighted by Gasteiger charge is -2.29. The summed E-state index contributed by atoms with van der Waals surface area (Å²) in [6.07, 6.45) is 1.58. The highest BCUT2D eigenvalue weighted by atomic mass is 16.3. The molecular formula is C18H20N4O3. The zero-order chi connectivity index (χ0) is 17.6. The van der Waals surface area contributed by atoms with E-state index in [1.165, 1.54) is 6.20 Å². The van der Waals surface area contributed by atoms with Gasteiger partial charge < -0.3 is 15.2 Å². The number of nitrogens with zero attached hydrogens (tertiary/aromatic N) is 3.